The topological polar surface area (TPSA) is 69.4 Å². The number of hydrogen-bond acceptors (Lipinski definition) is 5. The molecule has 0 saturated carbocycles. The molecule has 5 nitrogen and oxygen atoms in total. The predicted molar refractivity (Wildman–Crippen MR) is 82.2 cm³/mol. The molecule has 2 heterocycles. The highest BCUT2D eigenvalue weighted by Gasteiger charge is 2.25. The fourth-order valence-corrected chi connectivity index (χ4v) is 4.44. The van der Waals surface area contributed by atoms with Gasteiger partial charge in [0.1, 0.15) is 11.5 Å². The molecule has 3 rings (SSSR count). The maximum absolute atomic E-state index is 12.4. The molecule has 0 bridgehead atoms. The number of ether oxygens (including phenoxy) is 1. The monoisotopic (exact) mass is 321 g/mol. The highest BCUT2D eigenvalue weighted by molar-refractivity contribution is 7.90. The minimum absolute atomic E-state index is 0.0508. The van der Waals surface area contributed by atoms with Gasteiger partial charge in [0.15, 0.2) is 9.84 Å². The molecule has 1 aliphatic heterocycles. The van der Waals surface area contributed by atoms with Crippen LogP contribution in [0.1, 0.15) is 35.4 Å². The lowest BCUT2D eigenvalue weighted by Gasteiger charge is -2.13. The molecule has 1 aliphatic rings. The Labute approximate surface area is 130 Å². The molecule has 0 aliphatic carbocycles. The largest absolute Gasteiger partial charge is 0.376 e. The summed E-state index contributed by atoms with van der Waals surface area (Å²) in [5, 5.41) is 3.93. The first kappa shape index (κ1) is 15.2. The van der Waals surface area contributed by atoms with E-state index in [1.807, 2.05) is 37.3 Å². The summed E-state index contributed by atoms with van der Waals surface area (Å²) in [6.07, 6.45) is 0.656. The van der Waals surface area contributed by atoms with Crippen LogP contribution in [0.25, 0.3) is 0 Å². The van der Waals surface area contributed by atoms with Gasteiger partial charge in [-0.15, -0.1) is 0 Å². The van der Waals surface area contributed by atoms with E-state index in [-0.39, 0.29) is 17.4 Å². The van der Waals surface area contributed by atoms with Crippen LogP contribution in [0.15, 0.2) is 34.9 Å². The average molecular weight is 321 g/mol. The average Bonchev–Trinajstić information content (AvgIpc) is 2.90. The van der Waals surface area contributed by atoms with E-state index in [2.05, 4.69) is 5.16 Å². The molecular weight excluding hydrogens is 302 g/mol. The summed E-state index contributed by atoms with van der Waals surface area (Å²) in [4.78, 5) is 0. The van der Waals surface area contributed by atoms with Crippen molar-refractivity contribution in [2.75, 3.05) is 12.4 Å². The smallest absolute Gasteiger partial charge is 0.156 e. The van der Waals surface area contributed by atoms with Crippen LogP contribution in [0, 0.1) is 0 Å². The zero-order valence-electron chi connectivity index (χ0n) is 12.5. The first-order chi connectivity index (χ1) is 10.6. The van der Waals surface area contributed by atoms with E-state index in [1.165, 1.54) is 0 Å². The molecule has 1 aromatic heterocycles. The van der Waals surface area contributed by atoms with E-state index in [4.69, 9.17) is 9.26 Å². The number of hydrogen-bond donors (Lipinski definition) is 0. The van der Waals surface area contributed by atoms with Gasteiger partial charge < -0.3 is 9.26 Å². The molecule has 0 fully saturated rings. The minimum Gasteiger partial charge on any atom is -0.376 e. The number of nitrogens with zero attached hydrogens (tertiary/aromatic N) is 1. The van der Waals surface area contributed by atoms with Crippen LogP contribution in [0.2, 0.25) is 0 Å². The Kier molecular flexibility index (Phi) is 4.31. The third kappa shape index (κ3) is 3.39. The minimum atomic E-state index is -3.26. The lowest BCUT2D eigenvalue weighted by Crippen LogP contribution is -2.17. The van der Waals surface area contributed by atoms with Gasteiger partial charge in [0.05, 0.1) is 24.7 Å². The quantitative estimate of drug-likeness (QED) is 0.846. The Morgan fingerprint density at radius 1 is 1.27 bits per heavy atom. The fraction of sp³-hybridized carbons (Fsp3) is 0.438. The highest BCUT2D eigenvalue weighted by atomic mass is 32.2. The lowest BCUT2D eigenvalue weighted by atomic mass is 10.0. The maximum atomic E-state index is 12.4. The van der Waals surface area contributed by atoms with Crippen molar-refractivity contribution in [1.29, 1.82) is 0 Å². The van der Waals surface area contributed by atoms with Crippen molar-refractivity contribution in [1.82, 2.24) is 5.16 Å². The van der Waals surface area contributed by atoms with Crippen LogP contribution in [0.5, 0.6) is 0 Å². The molecule has 0 N–H and O–H groups in total. The van der Waals surface area contributed by atoms with E-state index >= 15 is 0 Å². The molecule has 0 saturated heterocycles. The van der Waals surface area contributed by atoms with Gasteiger partial charge >= 0.3 is 0 Å². The molecular formula is C16H19NO4S. The second-order valence-electron chi connectivity index (χ2n) is 5.70. The van der Waals surface area contributed by atoms with Crippen molar-refractivity contribution < 1.29 is 17.7 Å². The van der Waals surface area contributed by atoms with Crippen LogP contribution in [-0.2, 0) is 33.4 Å². The Morgan fingerprint density at radius 3 is 2.82 bits per heavy atom. The molecule has 0 radical (unpaired) electrons. The van der Waals surface area contributed by atoms with Crippen LogP contribution < -0.4 is 0 Å². The summed E-state index contributed by atoms with van der Waals surface area (Å²) in [7, 11) is -3.26. The first-order valence-corrected chi connectivity index (χ1v) is 9.17. The van der Waals surface area contributed by atoms with Crippen LogP contribution in [-0.4, -0.2) is 25.9 Å². The summed E-state index contributed by atoms with van der Waals surface area (Å²) in [5.41, 5.74) is 2.33. The summed E-state index contributed by atoms with van der Waals surface area (Å²) in [6.45, 7) is 2.91. The Balaban J connectivity index is 1.73. The molecule has 1 atom stereocenters. The molecule has 0 spiro atoms. The molecule has 2 aromatic rings. The van der Waals surface area contributed by atoms with Gasteiger partial charge in [-0.2, -0.15) is 0 Å². The summed E-state index contributed by atoms with van der Waals surface area (Å²) < 4.78 is 35.5. The van der Waals surface area contributed by atoms with Crippen molar-refractivity contribution in [3.05, 3.63) is 52.9 Å². The van der Waals surface area contributed by atoms with Gasteiger partial charge in [-0.1, -0.05) is 42.4 Å². The van der Waals surface area contributed by atoms with Gasteiger partial charge in [0, 0.05) is 12.0 Å². The van der Waals surface area contributed by atoms with Crippen molar-refractivity contribution >= 4 is 9.84 Å². The Hall–Kier alpha value is -1.66. The van der Waals surface area contributed by atoms with Crippen molar-refractivity contribution in [3.8, 4) is 0 Å². The SMILES string of the molecule is CC(CS(=O)(=O)Cc1noc2c1COCC2)c1ccccc1. The maximum Gasteiger partial charge on any atom is 0.156 e. The van der Waals surface area contributed by atoms with Crippen molar-refractivity contribution in [2.24, 2.45) is 0 Å². The zero-order chi connectivity index (χ0) is 15.6. The predicted octanol–water partition coefficient (Wildman–Crippen LogP) is 2.47. The van der Waals surface area contributed by atoms with Gasteiger partial charge in [0.2, 0.25) is 0 Å². The number of benzene rings is 1. The molecule has 1 unspecified atom stereocenters. The molecule has 6 heteroatoms. The Morgan fingerprint density at radius 2 is 2.05 bits per heavy atom. The van der Waals surface area contributed by atoms with Gasteiger partial charge in [0.25, 0.3) is 0 Å². The second kappa shape index (κ2) is 6.22. The van der Waals surface area contributed by atoms with E-state index in [0.29, 0.717) is 25.3 Å². The standard InChI is InChI=1S/C16H19NO4S/c1-12(13-5-3-2-4-6-13)10-22(18,19)11-15-14-9-20-8-7-16(14)21-17-15/h2-6,12H,7-11H2,1H3. The third-order valence-electron chi connectivity index (χ3n) is 3.90. The van der Waals surface area contributed by atoms with Crippen molar-refractivity contribution in [3.63, 3.8) is 0 Å². The number of aromatic nitrogens is 1. The van der Waals surface area contributed by atoms with Gasteiger partial charge in [-0.25, -0.2) is 8.42 Å². The molecule has 0 amide bonds. The number of sulfone groups is 1. The zero-order valence-corrected chi connectivity index (χ0v) is 13.3. The van der Waals surface area contributed by atoms with Gasteiger partial charge in [-0.05, 0) is 11.5 Å². The molecule has 118 valence electrons. The first-order valence-electron chi connectivity index (χ1n) is 7.34. The van der Waals surface area contributed by atoms with E-state index in [1.54, 1.807) is 0 Å². The highest BCUT2D eigenvalue weighted by Crippen LogP contribution is 2.24. The van der Waals surface area contributed by atoms with E-state index in [0.717, 1.165) is 16.9 Å². The van der Waals surface area contributed by atoms with Crippen LogP contribution in [0.3, 0.4) is 0 Å². The van der Waals surface area contributed by atoms with Crippen molar-refractivity contribution in [2.45, 2.75) is 31.6 Å². The van der Waals surface area contributed by atoms with Gasteiger partial charge in [-0.3, -0.25) is 0 Å². The normalized spacial score (nSPS) is 16.2. The van der Waals surface area contributed by atoms with Crippen LogP contribution in [0.4, 0.5) is 0 Å². The number of rotatable bonds is 5. The summed E-state index contributed by atoms with van der Waals surface area (Å²) >= 11 is 0. The summed E-state index contributed by atoms with van der Waals surface area (Å²) in [6, 6.07) is 9.66. The molecule has 22 heavy (non-hydrogen) atoms. The van der Waals surface area contributed by atoms with Crippen LogP contribution >= 0.6 is 0 Å². The lowest BCUT2D eigenvalue weighted by molar-refractivity contribution is 0.102. The summed E-state index contributed by atoms with van der Waals surface area (Å²) in [5.74, 6) is 0.712. The third-order valence-corrected chi connectivity index (χ3v) is 5.62. The second-order valence-corrected chi connectivity index (χ2v) is 7.81. The number of fused-ring (bicyclic) bond motifs is 1. The van der Waals surface area contributed by atoms with E-state index < -0.39 is 9.84 Å². The fourth-order valence-electron chi connectivity index (χ4n) is 2.72. The molecule has 1 aromatic carbocycles. The van der Waals surface area contributed by atoms with E-state index in [9.17, 15) is 8.42 Å². The Bertz CT molecular complexity index is 737.